The molecule has 1 aliphatic carbocycles. The SMILES string of the molecule is O=S(=O)(NCC(O)C1CCCC1)c1c[nH]c2nccc(Cl)c12. The van der Waals surface area contributed by atoms with E-state index in [4.69, 9.17) is 11.6 Å². The van der Waals surface area contributed by atoms with Crippen molar-refractivity contribution in [2.24, 2.45) is 5.92 Å². The summed E-state index contributed by atoms with van der Waals surface area (Å²) >= 11 is 6.07. The van der Waals surface area contributed by atoms with Crippen LogP contribution in [0.3, 0.4) is 0 Å². The molecular formula is C14H18ClN3O3S. The van der Waals surface area contributed by atoms with E-state index in [0.717, 1.165) is 25.7 Å². The maximum Gasteiger partial charge on any atom is 0.242 e. The Hall–Kier alpha value is -1.15. The van der Waals surface area contributed by atoms with Crippen LogP contribution in [-0.4, -0.2) is 36.1 Å². The number of H-pyrrole nitrogens is 1. The lowest BCUT2D eigenvalue weighted by Gasteiger charge is -2.18. The Morgan fingerprint density at radius 3 is 2.91 bits per heavy atom. The highest BCUT2D eigenvalue weighted by Gasteiger charge is 2.26. The van der Waals surface area contributed by atoms with Gasteiger partial charge in [-0.15, -0.1) is 0 Å². The minimum absolute atomic E-state index is 0.0115. The first-order valence-corrected chi connectivity index (χ1v) is 9.14. The predicted octanol–water partition coefficient (Wildman–Crippen LogP) is 2.05. The van der Waals surface area contributed by atoms with E-state index in [1.54, 1.807) is 6.07 Å². The molecule has 2 aromatic rings. The molecule has 0 amide bonds. The quantitative estimate of drug-likeness (QED) is 0.774. The van der Waals surface area contributed by atoms with Crippen LogP contribution in [0, 0.1) is 5.92 Å². The molecule has 22 heavy (non-hydrogen) atoms. The molecule has 8 heteroatoms. The summed E-state index contributed by atoms with van der Waals surface area (Å²) in [5.41, 5.74) is 0.421. The van der Waals surface area contributed by atoms with Gasteiger partial charge in [0.25, 0.3) is 0 Å². The topological polar surface area (TPSA) is 95.1 Å². The van der Waals surface area contributed by atoms with Crippen LogP contribution >= 0.6 is 11.6 Å². The molecule has 1 saturated carbocycles. The van der Waals surface area contributed by atoms with Crippen molar-refractivity contribution in [3.8, 4) is 0 Å². The Morgan fingerprint density at radius 2 is 2.18 bits per heavy atom. The van der Waals surface area contributed by atoms with Gasteiger partial charge in [-0.25, -0.2) is 18.1 Å². The van der Waals surface area contributed by atoms with Gasteiger partial charge < -0.3 is 10.1 Å². The predicted molar refractivity (Wildman–Crippen MR) is 84.3 cm³/mol. The molecule has 3 rings (SSSR count). The number of nitrogens with zero attached hydrogens (tertiary/aromatic N) is 1. The highest BCUT2D eigenvalue weighted by molar-refractivity contribution is 7.89. The smallest absolute Gasteiger partial charge is 0.242 e. The molecule has 1 aliphatic rings. The van der Waals surface area contributed by atoms with Crippen molar-refractivity contribution in [1.82, 2.24) is 14.7 Å². The fourth-order valence-electron chi connectivity index (χ4n) is 2.98. The van der Waals surface area contributed by atoms with Crippen LogP contribution in [-0.2, 0) is 10.0 Å². The van der Waals surface area contributed by atoms with E-state index in [1.165, 1.54) is 12.4 Å². The van der Waals surface area contributed by atoms with Crippen LogP contribution in [0.4, 0.5) is 0 Å². The van der Waals surface area contributed by atoms with E-state index >= 15 is 0 Å². The van der Waals surface area contributed by atoms with E-state index in [1.807, 2.05) is 0 Å². The summed E-state index contributed by atoms with van der Waals surface area (Å²) < 4.78 is 27.4. The van der Waals surface area contributed by atoms with Crippen LogP contribution in [0.15, 0.2) is 23.4 Å². The first-order valence-electron chi connectivity index (χ1n) is 7.28. The third kappa shape index (κ3) is 2.99. The minimum atomic E-state index is -3.76. The second kappa shape index (κ2) is 6.16. The van der Waals surface area contributed by atoms with Crippen molar-refractivity contribution in [1.29, 1.82) is 0 Å². The van der Waals surface area contributed by atoms with Crippen molar-refractivity contribution < 1.29 is 13.5 Å². The summed E-state index contributed by atoms with van der Waals surface area (Å²) in [6.07, 6.45) is 6.31. The molecular weight excluding hydrogens is 326 g/mol. The second-order valence-corrected chi connectivity index (χ2v) is 7.78. The van der Waals surface area contributed by atoms with Gasteiger partial charge in [0.1, 0.15) is 10.5 Å². The third-order valence-corrected chi connectivity index (χ3v) is 5.97. The van der Waals surface area contributed by atoms with Crippen molar-refractivity contribution >= 4 is 32.7 Å². The number of aliphatic hydroxyl groups excluding tert-OH is 1. The average Bonchev–Trinajstić information content (AvgIpc) is 3.14. The summed E-state index contributed by atoms with van der Waals surface area (Å²) in [4.78, 5) is 6.91. The first kappa shape index (κ1) is 15.7. The standard InChI is InChI=1S/C14H18ClN3O3S/c15-10-5-6-16-14-13(10)12(8-17-14)22(20,21)18-7-11(19)9-3-1-2-4-9/h5-6,8-9,11,18-19H,1-4,7H2,(H,16,17). The molecule has 6 nitrogen and oxygen atoms in total. The van der Waals surface area contributed by atoms with Gasteiger partial charge in [0.05, 0.1) is 16.5 Å². The lowest BCUT2D eigenvalue weighted by molar-refractivity contribution is 0.115. The van der Waals surface area contributed by atoms with Crippen molar-refractivity contribution in [3.05, 3.63) is 23.5 Å². The van der Waals surface area contributed by atoms with Gasteiger partial charge in [-0.05, 0) is 24.8 Å². The molecule has 3 N–H and O–H groups in total. The molecule has 0 saturated heterocycles. The number of fused-ring (bicyclic) bond motifs is 1. The molecule has 2 heterocycles. The Labute approximate surface area is 133 Å². The van der Waals surface area contributed by atoms with Gasteiger partial charge in [-0.3, -0.25) is 0 Å². The van der Waals surface area contributed by atoms with Crippen LogP contribution in [0.1, 0.15) is 25.7 Å². The normalized spacial score (nSPS) is 18.1. The summed E-state index contributed by atoms with van der Waals surface area (Å²) in [7, 11) is -3.76. The zero-order valence-corrected chi connectivity index (χ0v) is 13.5. The number of nitrogens with one attached hydrogen (secondary N) is 2. The third-order valence-electron chi connectivity index (χ3n) is 4.20. The maximum atomic E-state index is 12.5. The van der Waals surface area contributed by atoms with Crippen molar-refractivity contribution in [2.75, 3.05) is 6.54 Å². The van der Waals surface area contributed by atoms with Crippen LogP contribution < -0.4 is 4.72 Å². The van der Waals surface area contributed by atoms with Crippen LogP contribution in [0.25, 0.3) is 11.0 Å². The van der Waals surface area contributed by atoms with Gasteiger partial charge >= 0.3 is 0 Å². The average molecular weight is 344 g/mol. The molecule has 120 valence electrons. The maximum absolute atomic E-state index is 12.5. The number of halogens is 1. The lowest BCUT2D eigenvalue weighted by atomic mass is 10.0. The summed E-state index contributed by atoms with van der Waals surface area (Å²) in [6.45, 7) is 0.0115. The van der Waals surface area contributed by atoms with Crippen molar-refractivity contribution in [2.45, 2.75) is 36.7 Å². The van der Waals surface area contributed by atoms with Crippen LogP contribution in [0.2, 0.25) is 5.02 Å². The zero-order valence-electron chi connectivity index (χ0n) is 11.9. The molecule has 1 atom stereocenters. The molecule has 2 aromatic heterocycles. The van der Waals surface area contributed by atoms with E-state index in [2.05, 4.69) is 14.7 Å². The Balaban J connectivity index is 1.80. The fourth-order valence-corrected chi connectivity index (χ4v) is 4.52. The second-order valence-electron chi connectivity index (χ2n) is 5.63. The first-order chi connectivity index (χ1) is 10.5. The number of aromatic nitrogens is 2. The monoisotopic (exact) mass is 343 g/mol. The number of aliphatic hydroxyl groups is 1. The van der Waals surface area contributed by atoms with E-state index < -0.39 is 16.1 Å². The number of rotatable bonds is 5. The minimum Gasteiger partial charge on any atom is -0.391 e. The number of aromatic amines is 1. The van der Waals surface area contributed by atoms with Gasteiger partial charge in [0.2, 0.25) is 10.0 Å². The number of hydrogen-bond donors (Lipinski definition) is 3. The Kier molecular flexibility index (Phi) is 4.40. The number of hydrogen-bond acceptors (Lipinski definition) is 4. The molecule has 0 aromatic carbocycles. The molecule has 0 aliphatic heterocycles. The van der Waals surface area contributed by atoms with Gasteiger partial charge in [0, 0.05) is 18.9 Å². The van der Waals surface area contributed by atoms with Gasteiger partial charge in [-0.1, -0.05) is 24.4 Å². The number of pyridine rings is 1. The highest BCUT2D eigenvalue weighted by Crippen LogP contribution is 2.29. The van der Waals surface area contributed by atoms with Crippen LogP contribution in [0.5, 0.6) is 0 Å². The Morgan fingerprint density at radius 1 is 1.45 bits per heavy atom. The molecule has 1 unspecified atom stereocenters. The van der Waals surface area contributed by atoms with Crippen molar-refractivity contribution in [3.63, 3.8) is 0 Å². The molecule has 0 spiro atoms. The number of sulfonamides is 1. The van der Waals surface area contributed by atoms with Gasteiger partial charge in [0.15, 0.2) is 0 Å². The molecule has 0 radical (unpaired) electrons. The molecule has 1 fully saturated rings. The molecule has 0 bridgehead atoms. The highest BCUT2D eigenvalue weighted by atomic mass is 35.5. The van der Waals surface area contributed by atoms with Gasteiger partial charge in [-0.2, -0.15) is 0 Å². The largest absolute Gasteiger partial charge is 0.391 e. The van der Waals surface area contributed by atoms with E-state index in [-0.39, 0.29) is 17.4 Å². The summed E-state index contributed by atoms with van der Waals surface area (Å²) in [5, 5.41) is 10.8. The zero-order chi connectivity index (χ0) is 15.7. The van der Waals surface area contributed by atoms with E-state index in [0.29, 0.717) is 16.1 Å². The fraction of sp³-hybridized carbons (Fsp3) is 0.500. The summed E-state index contributed by atoms with van der Waals surface area (Å²) in [5.74, 6) is 0.177. The van der Waals surface area contributed by atoms with E-state index in [9.17, 15) is 13.5 Å². The lowest BCUT2D eigenvalue weighted by Crippen LogP contribution is -2.35. The summed E-state index contributed by atoms with van der Waals surface area (Å²) in [6, 6.07) is 1.55. The Bertz CT molecular complexity index is 769.